The van der Waals surface area contributed by atoms with Gasteiger partial charge < -0.3 is 15.0 Å². The van der Waals surface area contributed by atoms with E-state index < -0.39 is 0 Å². The standard InChI is InChI=1S/C24H30N2O3/c1-18-8-3-5-10-21(18)24(28)25-20-13-15-26(16-14-20)23(27)12-7-17-29-22-11-6-4-9-19(22)2/h3-6,8-11,20H,7,12-17H2,1-2H3,(H,25,28). The number of benzene rings is 2. The van der Waals surface area contributed by atoms with E-state index in [1.54, 1.807) is 0 Å². The molecule has 1 aliphatic heterocycles. The molecule has 154 valence electrons. The van der Waals surface area contributed by atoms with Gasteiger partial charge in [-0.05, 0) is 56.4 Å². The number of nitrogens with zero attached hydrogens (tertiary/aromatic N) is 1. The van der Waals surface area contributed by atoms with Crippen LogP contribution >= 0.6 is 0 Å². The number of hydrogen-bond donors (Lipinski definition) is 1. The van der Waals surface area contributed by atoms with E-state index in [4.69, 9.17) is 4.74 Å². The van der Waals surface area contributed by atoms with Crippen molar-refractivity contribution in [2.75, 3.05) is 19.7 Å². The Hall–Kier alpha value is -2.82. The summed E-state index contributed by atoms with van der Waals surface area (Å²) >= 11 is 0. The number of amides is 2. The summed E-state index contributed by atoms with van der Waals surface area (Å²) in [5.41, 5.74) is 2.80. The summed E-state index contributed by atoms with van der Waals surface area (Å²) < 4.78 is 5.77. The lowest BCUT2D eigenvalue weighted by molar-refractivity contribution is -0.132. The summed E-state index contributed by atoms with van der Waals surface area (Å²) in [6.07, 6.45) is 2.79. The van der Waals surface area contributed by atoms with Crippen LogP contribution in [0.25, 0.3) is 0 Å². The van der Waals surface area contributed by atoms with Gasteiger partial charge in [-0.25, -0.2) is 0 Å². The molecule has 1 fully saturated rings. The van der Waals surface area contributed by atoms with Gasteiger partial charge in [-0.3, -0.25) is 9.59 Å². The SMILES string of the molecule is Cc1ccccc1OCCCC(=O)N1CCC(NC(=O)c2ccccc2C)CC1. The first-order valence-corrected chi connectivity index (χ1v) is 10.4. The van der Waals surface area contributed by atoms with Gasteiger partial charge in [0, 0.05) is 31.1 Å². The summed E-state index contributed by atoms with van der Waals surface area (Å²) in [7, 11) is 0. The third-order valence-electron chi connectivity index (χ3n) is 5.46. The Morgan fingerprint density at radius 3 is 2.34 bits per heavy atom. The molecule has 2 aromatic rings. The van der Waals surface area contributed by atoms with E-state index in [0.717, 1.165) is 35.3 Å². The van der Waals surface area contributed by atoms with E-state index in [9.17, 15) is 9.59 Å². The number of aryl methyl sites for hydroxylation is 2. The second-order valence-corrected chi connectivity index (χ2v) is 7.66. The zero-order valence-corrected chi connectivity index (χ0v) is 17.3. The number of hydrogen-bond acceptors (Lipinski definition) is 3. The van der Waals surface area contributed by atoms with Crippen LogP contribution in [-0.2, 0) is 4.79 Å². The maximum Gasteiger partial charge on any atom is 0.251 e. The van der Waals surface area contributed by atoms with E-state index in [2.05, 4.69) is 5.32 Å². The summed E-state index contributed by atoms with van der Waals surface area (Å²) in [5, 5.41) is 3.11. The van der Waals surface area contributed by atoms with Crippen molar-refractivity contribution >= 4 is 11.8 Å². The molecule has 2 aromatic carbocycles. The fourth-order valence-electron chi connectivity index (χ4n) is 3.65. The minimum Gasteiger partial charge on any atom is -0.493 e. The molecule has 0 atom stereocenters. The minimum atomic E-state index is -0.0266. The number of rotatable bonds is 7. The van der Waals surface area contributed by atoms with E-state index in [-0.39, 0.29) is 17.9 Å². The summed E-state index contributed by atoms with van der Waals surface area (Å²) in [4.78, 5) is 26.8. The lowest BCUT2D eigenvalue weighted by atomic mass is 10.0. The van der Waals surface area contributed by atoms with Crippen molar-refractivity contribution in [1.29, 1.82) is 0 Å². The van der Waals surface area contributed by atoms with Gasteiger partial charge in [-0.2, -0.15) is 0 Å². The predicted molar refractivity (Wildman–Crippen MR) is 114 cm³/mol. The highest BCUT2D eigenvalue weighted by Gasteiger charge is 2.24. The molecular formula is C24H30N2O3. The fourth-order valence-corrected chi connectivity index (χ4v) is 3.65. The molecule has 5 heteroatoms. The number of nitrogens with one attached hydrogen (secondary N) is 1. The number of ether oxygens (including phenoxy) is 1. The third kappa shape index (κ3) is 5.83. The Morgan fingerprint density at radius 2 is 1.66 bits per heavy atom. The molecule has 0 unspecified atom stereocenters. The Balaban J connectivity index is 1.36. The van der Waals surface area contributed by atoms with Crippen molar-refractivity contribution < 1.29 is 14.3 Å². The first-order valence-electron chi connectivity index (χ1n) is 10.4. The molecule has 2 amide bonds. The number of carbonyl (C=O) groups excluding carboxylic acids is 2. The van der Waals surface area contributed by atoms with Gasteiger partial charge in [0.15, 0.2) is 0 Å². The molecule has 1 aliphatic rings. The lowest BCUT2D eigenvalue weighted by Gasteiger charge is -2.32. The highest BCUT2D eigenvalue weighted by atomic mass is 16.5. The molecule has 5 nitrogen and oxygen atoms in total. The number of piperidine rings is 1. The molecule has 0 aromatic heterocycles. The largest absolute Gasteiger partial charge is 0.493 e. The number of carbonyl (C=O) groups is 2. The molecule has 1 heterocycles. The first-order chi connectivity index (χ1) is 14.0. The molecule has 0 spiro atoms. The number of likely N-dealkylation sites (tertiary alicyclic amines) is 1. The Kier molecular flexibility index (Phi) is 7.28. The Labute approximate surface area is 173 Å². The topological polar surface area (TPSA) is 58.6 Å². The summed E-state index contributed by atoms with van der Waals surface area (Å²) in [5.74, 6) is 1.02. The maximum absolute atomic E-state index is 12.5. The molecule has 1 saturated heterocycles. The lowest BCUT2D eigenvalue weighted by Crippen LogP contribution is -2.46. The highest BCUT2D eigenvalue weighted by Crippen LogP contribution is 2.17. The van der Waals surface area contributed by atoms with Crippen LogP contribution in [0.1, 0.15) is 47.2 Å². The zero-order valence-electron chi connectivity index (χ0n) is 17.3. The summed E-state index contributed by atoms with van der Waals surface area (Å²) in [6.45, 7) is 5.88. The van der Waals surface area contributed by atoms with E-state index in [1.807, 2.05) is 67.3 Å². The van der Waals surface area contributed by atoms with E-state index >= 15 is 0 Å². The van der Waals surface area contributed by atoms with Gasteiger partial charge >= 0.3 is 0 Å². The molecular weight excluding hydrogens is 364 g/mol. The van der Waals surface area contributed by atoms with E-state index in [0.29, 0.717) is 32.5 Å². The fraction of sp³-hybridized carbons (Fsp3) is 0.417. The third-order valence-corrected chi connectivity index (χ3v) is 5.46. The predicted octanol–water partition coefficient (Wildman–Crippen LogP) is 3.88. The second-order valence-electron chi connectivity index (χ2n) is 7.66. The second kappa shape index (κ2) is 10.1. The average Bonchev–Trinajstić information content (AvgIpc) is 2.73. The molecule has 0 radical (unpaired) electrons. The van der Waals surface area contributed by atoms with Crippen molar-refractivity contribution in [2.45, 2.75) is 45.6 Å². The van der Waals surface area contributed by atoms with Crippen LogP contribution in [-0.4, -0.2) is 42.5 Å². The van der Waals surface area contributed by atoms with Gasteiger partial charge in [0.05, 0.1) is 6.61 Å². The molecule has 3 rings (SSSR count). The van der Waals surface area contributed by atoms with Crippen LogP contribution in [0.5, 0.6) is 5.75 Å². The van der Waals surface area contributed by atoms with Gasteiger partial charge in [-0.15, -0.1) is 0 Å². The monoisotopic (exact) mass is 394 g/mol. The van der Waals surface area contributed by atoms with Crippen molar-refractivity contribution in [1.82, 2.24) is 10.2 Å². The molecule has 0 bridgehead atoms. The first kappa shape index (κ1) is 20.9. The summed E-state index contributed by atoms with van der Waals surface area (Å²) in [6, 6.07) is 15.6. The van der Waals surface area contributed by atoms with Crippen molar-refractivity contribution in [2.24, 2.45) is 0 Å². The zero-order chi connectivity index (χ0) is 20.6. The van der Waals surface area contributed by atoms with Gasteiger partial charge in [0.2, 0.25) is 5.91 Å². The normalized spacial score (nSPS) is 14.5. The van der Waals surface area contributed by atoms with Gasteiger partial charge in [0.1, 0.15) is 5.75 Å². The molecule has 0 saturated carbocycles. The van der Waals surface area contributed by atoms with Crippen LogP contribution in [0.3, 0.4) is 0 Å². The molecule has 29 heavy (non-hydrogen) atoms. The Morgan fingerprint density at radius 1 is 1.00 bits per heavy atom. The minimum absolute atomic E-state index is 0.0266. The van der Waals surface area contributed by atoms with Crippen LogP contribution in [0.2, 0.25) is 0 Å². The van der Waals surface area contributed by atoms with Crippen LogP contribution in [0.4, 0.5) is 0 Å². The smallest absolute Gasteiger partial charge is 0.251 e. The van der Waals surface area contributed by atoms with E-state index in [1.165, 1.54) is 0 Å². The quantitative estimate of drug-likeness (QED) is 0.725. The van der Waals surface area contributed by atoms with Gasteiger partial charge in [-0.1, -0.05) is 36.4 Å². The molecule has 0 aliphatic carbocycles. The van der Waals surface area contributed by atoms with Crippen molar-refractivity contribution in [3.05, 3.63) is 65.2 Å². The van der Waals surface area contributed by atoms with Crippen LogP contribution in [0, 0.1) is 13.8 Å². The Bertz CT molecular complexity index is 842. The van der Waals surface area contributed by atoms with Crippen LogP contribution in [0.15, 0.2) is 48.5 Å². The molecule has 1 N–H and O–H groups in total. The van der Waals surface area contributed by atoms with Crippen molar-refractivity contribution in [3.8, 4) is 5.75 Å². The average molecular weight is 395 g/mol. The number of para-hydroxylation sites is 1. The highest BCUT2D eigenvalue weighted by molar-refractivity contribution is 5.95. The maximum atomic E-state index is 12.5. The van der Waals surface area contributed by atoms with Gasteiger partial charge in [0.25, 0.3) is 5.91 Å². The van der Waals surface area contributed by atoms with Crippen molar-refractivity contribution in [3.63, 3.8) is 0 Å². The van der Waals surface area contributed by atoms with Crippen LogP contribution < -0.4 is 10.1 Å².